The van der Waals surface area contributed by atoms with Gasteiger partial charge in [0, 0.05) is 18.6 Å². The molecule has 3 atom stereocenters. The molecule has 1 aliphatic rings. The third-order valence-electron chi connectivity index (χ3n) is 5.15. The first-order valence-corrected chi connectivity index (χ1v) is 9.71. The van der Waals surface area contributed by atoms with Crippen molar-refractivity contribution in [3.05, 3.63) is 29.8 Å². The van der Waals surface area contributed by atoms with Gasteiger partial charge in [0.15, 0.2) is 0 Å². The Bertz CT molecular complexity index is 478. The molecule has 1 heterocycles. The summed E-state index contributed by atoms with van der Waals surface area (Å²) in [5.41, 5.74) is 1.31. The van der Waals surface area contributed by atoms with Crippen LogP contribution in [0.4, 0.5) is 0 Å². The zero-order chi connectivity index (χ0) is 18.2. The largest absolute Gasteiger partial charge is 0.491 e. The first-order valence-electron chi connectivity index (χ1n) is 9.71. The lowest BCUT2D eigenvalue weighted by atomic mass is 9.97. The fourth-order valence-electron chi connectivity index (χ4n) is 3.52. The highest BCUT2D eigenvalue weighted by atomic mass is 16.5. The first kappa shape index (κ1) is 20.2. The molecule has 1 aromatic carbocycles. The van der Waals surface area contributed by atoms with Gasteiger partial charge in [-0.25, -0.2) is 0 Å². The number of β-amino-alcohol motifs (C(OH)–C–C–N with tert-alkyl or cyclic N) is 1. The third kappa shape index (κ3) is 6.61. The van der Waals surface area contributed by atoms with E-state index in [-0.39, 0.29) is 0 Å². The summed E-state index contributed by atoms with van der Waals surface area (Å²) < 4.78 is 11.3. The summed E-state index contributed by atoms with van der Waals surface area (Å²) in [5.74, 6) is 1.40. The van der Waals surface area contributed by atoms with Crippen molar-refractivity contribution < 1.29 is 14.6 Å². The molecule has 1 aromatic rings. The maximum atomic E-state index is 10.2. The number of ether oxygens (including phenoxy) is 2. The topological polar surface area (TPSA) is 41.9 Å². The van der Waals surface area contributed by atoms with E-state index >= 15 is 0 Å². The molecule has 0 aromatic heterocycles. The van der Waals surface area contributed by atoms with Crippen LogP contribution < -0.4 is 4.74 Å². The standard InChI is InChI=1S/C21H35NO3/c1-16(2)19-8-10-21(11-9-19)25-13-12-24-15-20(23)14-22-17(3)6-5-7-18(22)4/h8-11,16-18,20,23H,5-7,12-15H2,1-4H3/t17-,18-,20+/m1/s1. The van der Waals surface area contributed by atoms with Crippen LogP contribution in [0.2, 0.25) is 0 Å². The highest BCUT2D eigenvalue weighted by Crippen LogP contribution is 2.22. The monoisotopic (exact) mass is 349 g/mol. The Hall–Kier alpha value is -1.10. The smallest absolute Gasteiger partial charge is 0.119 e. The second kappa shape index (κ2) is 10.1. The summed E-state index contributed by atoms with van der Waals surface area (Å²) in [6.45, 7) is 10.9. The zero-order valence-electron chi connectivity index (χ0n) is 16.3. The van der Waals surface area contributed by atoms with Crippen molar-refractivity contribution in [2.75, 3.05) is 26.4 Å². The van der Waals surface area contributed by atoms with Crippen molar-refractivity contribution in [3.63, 3.8) is 0 Å². The van der Waals surface area contributed by atoms with Gasteiger partial charge in [0.2, 0.25) is 0 Å². The van der Waals surface area contributed by atoms with Gasteiger partial charge in [0.1, 0.15) is 12.4 Å². The molecule has 1 aliphatic heterocycles. The number of aliphatic hydroxyl groups is 1. The first-order chi connectivity index (χ1) is 12.0. The van der Waals surface area contributed by atoms with Gasteiger partial charge in [-0.15, -0.1) is 0 Å². The Morgan fingerprint density at radius 2 is 1.72 bits per heavy atom. The average molecular weight is 350 g/mol. The van der Waals surface area contributed by atoms with Gasteiger partial charge < -0.3 is 14.6 Å². The minimum atomic E-state index is -0.437. The van der Waals surface area contributed by atoms with Crippen molar-refractivity contribution in [3.8, 4) is 5.75 Å². The van der Waals surface area contributed by atoms with Gasteiger partial charge >= 0.3 is 0 Å². The Labute approximate surface area is 153 Å². The molecule has 142 valence electrons. The molecule has 0 saturated carbocycles. The maximum absolute atomic E-state index is 10.2. The van der Waals surface area contributed by atoms with Crippen LogP contribution >= 0.6 is 0 Å². The Kier molecular flexibility index (Phi) is 8.20. The van der Waals surface area contributed by atoms with Crippen LogP contribution in [-0.4, -0.2) is 54.6 Å². The Morgan fingerprint density at radius 1 is 1.08 bits per heavy atom. The van der Waals surface area contributed by atoms with E-state index in [1.165, 1.54) is 24.8 Å². The number of benzene rings is 1. The normalized spacial score (nSPS) is 23.0. The van der Waals surface area contributed by atoms with E-state index in [1.54, 1.807) is 0 Å². The average Bonchev–Trinajstić information content (AvgIpc) is 2.58. The summed E-state index contributed by atoms with van der Waals surface area (Å²) >= 11 is 0. The van der Waals surface area contributed by atoms with Gasteiger partial charge in [0.05, 0.1) is 19.3 Å². The molecule has 4 nitrogen and oxygen atoms in total. The second-order valence-electron chi connectivity index (χ2n) is 7.63. The number of aliphatic hydroxyl groups excluding tert-OH is 1. The van der Waals surface area contributed by atoms with Crippen LogP contribution in [0.25, 0.3) is 0 Å². The molecule has 0 aliphatic carbocycles. The predicted molar refractivity (Wildman–Crippen MR) is 102 cm³/mol. The van der Waals surface area contributed by atoms with Crippen molar-refractivity contribution >= 4 is 0 Å². The SMILES string of the molecule is CC(C)c1ccc(OCCOC[C@@H](O)CN2[C@H](C)CCC[C@H]2C)cc1. The van der Waals surface area contributed by atoms with Crippen molar-refractivity contribution in [2.45, 2.75) is 71.1 Å². The van der Waals surface area contributed by atoms with Crippen LogP contribution in [0.3, 0.4) is 0 Å². The molecule has 0 amide bonds. The van der Waals surface area contributed by atoms with E-state index < -0.39 is 6.10 Å². The molecule has 1 saturated heterocycles. The maximum Gasteiger partial charge on any atom is 0.119 e. The molecule has 0 bridgehead atoms. The summed E-state index contributed by atoms with van der Waals surface area (Å²) in [7, 11) is 0. The van der Waals surface area contributed by atoms with Gasteiger partial charge in [0.25, 0.3) is 0 Å². The summed E-state index contributed by atoms with van der Waals surface area (Å²) in [6.07, 6.45) is 3.30. The van der Waals surface area contributed by atoms with E-state index in [1.807, 2.05) is 12.1 Å². The van der Waals surface area contributed by atoms with Crippen molar-refractivity contribution in [2.24, 2.45) is 0 Å². The van der Waals surface area contributed by atoms with Crippen LogP contribution in [-0.2, 0) is 4.74 Å². The molecule has 0 radical (unpaired) electrons. The van der Waals surface area contributed by atoms with Gasteiger partial charge in [-0.1, -0.05) is 32.4 Å². The van der Waals surface area contributed by atoms with E-state index in [0.29, 0.717) is 44.4 Å². The summed E-state index contributed by atoms with van der Waals surface area (Å²) in [6, 6.07) is 9.31. The molecule has 0 unspecified atom stereocenters. The molecule has 25 heavy (non-hydrogen) atoms. The van der Waals surface area contributed by atoms with Gasteiger partial charge in [-0.3, -0.25) is 4.90 Å². The predicted octanol–water partition coefficient (Wildman–Crippen LogP) is 3.83. The van der Waals surface area contributed by atoms with Crippen molar-refractivity contribution in [1.29, 1.82) is 0 Å². The van der Waals surface area contributed by atoms with E-state index in [4.69, 9.17) is 9.47 Å². The van der Waals surface area contributed by atoms with E-state index in [2.05, 4.69) is 44.7 Å². The highest BCUT2D eigenvalue weighted by Gasteiger charge is 2.26. The summed E-state index contributed by atoms with van der Waals surface area (Å²) in [5, 5.41) is 10.2. The van der Waals surface area contributed by atoms with Crippen LogP contribution in [0.5, 0.6) is 5.75 Å². The van der Waals surface area contributed by atoms with Gasteiger partial charge in [-0.05, 0) is 50.3 Å². The third-order valence-corrected chi connectivity index (χ3v) is 5.15. The molecule has 0 spiro atoms. The Morgan fingerprint density at radius 3 is 2.32 bits per heavy atom. The molecular weight excluding hydrogens is 314 g/mol. The van der Waals surface area contributed by atoms with Crippen molar-refractivity contribution in [1.82, 2.24) is 4.90 Å². The zero-order valence-corrected chi connectivity index (χ0v) is 16.3. The quantitative estimate of drug-likeness (QED) is 0.688. The molecule has 2 rings (SSSR count). The van der Waals surface area contributed by atoms with Crippen LogP contribution in [0, 0.1) is 0 Å². The lowest BCUT2D eigenvalue weighted by Crippen LogP contribution is -2.48. The Balaban J connectivity index is 1.60. The molecular formula is C21H35NO3. The van der Waals surface area contributed by atoms with E-state index in [0.717, 1.165) is 5.75 Å². The van der Waals surface area contributed by atoms with Gasteiger partial charge in [-0.2, -0.15) is 0 Å². The highest BCUT2D eigenvalue weighted by molar-refractivity contribution is 5.28. The number of hydrogen-bond acceptors (Lipinski definition) is 4. The molecule has 4 heteroatoms. The molecule has 1 fully saturated rings. The molecule has 1 N–H and O–H groups in total. The fourth-order valence-corrected chi connectivity index (χ4v) is 3.52. The number of likely N-dealkylation sites (tertiary alicyclic amines) is 1. The minimum Gasteiger partial charge on any atom is -0.491 e. The number of piperidine rings is 1. The lowest BCUT2D eigenvalue weighted by Gasteiger charge is -2.40. The summed E-state index contributed by atoms with van der Waals surface area (Å²) in [4.78, 5) is 2.41. The number of rotatable bonds is 9. The fraction of sp³-hybridized carbons (Fsp3) is 0.714. The van der Waals surface area contributed by atoms with E-state index in [9.17, 15) is 5.11 Å². The van der Waals surface area contributed by atoms with Crippen LogP contribution in [0.15, 0.2) is 24.3 Å². The minimum absolute atomic E-state index is 0.367. The van der Waals surface area contributed by atoms with Crippen LogP contribution in [0.1, 0.15) is 58.4 Å². The second-order valence-corrected chi connectivity index (χ2v) is 7.63. The lowest BCUT2D eigenvalue weighted by molar-refractivity contribution is -0.0141. The number of hydrogen-bond donors (Lipinski definition) is 1. The number of nitrogens with zero attached hydrogens (tertiary/aromatic N) is 1.